The van der Waals surface area contributed by atoms with E-state index in [1.54, 1.807) is 0 Å². The van der Waals surface area contributed by atoms with E-state index >= 15 is 0 Å². The average Bonchev–Trinajstić information content (AvgIpc) is 2.36. The zero-order valence-electron chi connectivity index (χ0n) is 9.19. The monoisotopic (exact) mass is 226 g/mol. The smallest absolute Gasteiger partial charge is 0.305 e. The highest BCUT2D eigenvalue weighted by Gasteiger charge is 2.46. The van der Waals surface area contributed by atoms with E-state index < -0.39 is 13.2 Å². The number of hydrogen-bond donors (Lipinski definition) is 0. The van der Waals surface area contributed by atoms with Gasteiger partial charge in [-0.1, -0.05) is 18.2 Å². The molecule has 4 heteroatoms. The SMILES string of the molecule is CCOP1(=O)OC(C)(C)c2ccccc21. The van der Waals surface area contributed by atoms with Crippen molar-refractivity contribution in [1.29, 1.82) is 0 Å². The Bertz CT molecular complexity index is 426. The topological polar surface area (TPSA) is 35.5 Å². The number of fused-ring (bicyclic) bond motifs is 1. The van der Waals surface area contributed by atoms with Crippen LogP contribution in [-0.4, -0.2) is 6.61 Å². The Morgan fingerprint density at radius 3 is 2.73 bits per heavy atom. The molecule has 0 spiro atoms. The second-order valence-corrected chi connectivity index (χ2v) is 5.95. The Balaban J connectivity index is 2.56. The Morgan fingerprint density at radius 1 is 1.40 bits per heavy atom. The predicted molar refractivity (Wildman–Crippen MR) is 59.4 cm³/mol. The van der Waals surface area contributed by atoms with E-state index in [0.717, 1.165) is 5.56 Å². The molecule has 1 atom stereocenters. The van der Waals surface area contributed by atoms with Crippen molar-refractivity contribution in [2.24, 2.45) is 0 Å². The largest absolute Gasteiger partial charge is 0.362 e. The van der Waals surface area contributed by atoms with Gasteiger partial charge in [0.1, 0.15) is 0 Å². The third-order valence-corrected chi connectivity index (χ3v) is 4.77. The fourth-order valence-electron chi connectivity index (χ4n) is 1.89. The first-order chi connectivity index (χ1) is 6.99. The summed E-state index contributed by atoms with van der Waals surface area (Å²) in [6, 6.07) is 7.54. The minimum atomic E-state index is -3.08. The van der Waals surface area contributed by atoms with Gasteiger partial charge < -0.3 is 4.52 Å². The second kappa shape index (κ2) is 3.44. The van der Waals surface area contributed by atoms with Gasteiger partial charge in [-0.3, -0.25) is 9.09 Å². The van der Waals surface area contributed by atoms with Crippen molar-refractivity contribution in [1.82, 2.24) is 0 Å². The fraction of sp³-hybridized carbons (Fsp3) is 0.455. The summed E-state index contributed by atoms with van der Waals surface area (Å²) in [5, 5.41) is 0.705. The van der Waals surface area contributed by atoms with Crippen molar-refractivity contribution in [2.75, 3.05) is 6.61 Å². The van der Waals surface area contributed by atoms with Gasteiger partial charge in [-0.15, -0.1) is 0 Å². The van der Waals surface area contributed by atoms with Gasteiger partial charge in [0.05, 0.1) is 17.5 Å². The van der Waals surface area contributed by atoms with Crippen LogP contribution in [0.4, 0.5) is 0 Å². The van der Waals surface area contributed by atoms with Crippen LogP contribution in [0.2, 0.25) is 0 Å². The highest BCUT2D eigenvalue weighted by Crippen LogP contribution is 2.59. The molecule has 0 saturated heterocycles. The lowest BCUT2D eigenvalue weighted by molar-refractivity contribution is 0.0967. The quantitative estimate of drug-likeness (QED) is 0.727. The molecule has 1 aromatic carbocycles. The van der Waals surface area contributed by atoms with Crippen LogP contribution >= 0.6 is 7.60 Å². The molecule has 0 radical (unpaired) electrons. The van der Waals surface area contributed by atoms with Gasteiger partial charge in [-0.05, 0) is 32.4 Å². The van der Waals surface area contributed by atoms with Crippen molar-refractivity contribution in [3.8, 4) is 0 Å². The first kappa shape index (κ1) is 10.9. The van der Waals surface area contributed by atoms with Crippen LogP contribution in [0.5, 0.6) is 0 Å². The summed E-state index contributed by atoms with van der Waals surface area (Å²) in [6.07, 6.45) is 0. The van der Waals surface area contributed by atoms with Gasteiger partial charge in [0.2, 0.25) is 0 Å². The van der Waals surface area contributed by atoms with Gasteiger partial charge in [0.15, 0.2) is 0 Å². The highest BCUT2D eigenvalue weighted by molar-refractivity contribution is 7.62. The molecule has 1 aromatic rings. The van der Waals surface area contributed by atoms with Crippen molar-refractivity contribution in [3.05, 3.63) is 29.8 Å². The molecular formula is C11H15O3P. The van der Waals surface area contributed by atoms with Crippen LogP contribution in [0, 0.1) is 0 Å². The highest BCUT2D eigenvalue weighted by atomic mass is 31.2. The summed E-state index contributed by atoms with van der Waals surface area (Å²) in [6.45, 7) is 6.02. The fourth-order valence-corrected chi connectivity index (χ4v) is 4.12. The second-order valence-electron chi connectivity index (χ2n) is 4.03. The summed E-state index contributed by atoms with van der Waals surface area (Å²) in [5.41, 5.74) is 0.433. The summed E-state index contributed by atoms with van der Waals surface area (Å²) >= 11 is 0. The molecule has 0 aliphatic carbocycles. The number of benzene rings is 1. The van der Waals surface area contributed by atoms with Gasteiger partial charge >= 0.3 is 7.60 Å². The summed E-state index contributed by atoms with van der Waals surface area (Å²) < 4.78 is 23.3. The van der Waals surface area contributed by atoms with Gasteiger partial charge in [-0.25, -0.2) is 0 Å². The molecule has 0 fully saturated rings. The first-order valence-electron chi connectivity index (χ1n) is 5.05. The van der Waals surface area contributed by atoms with Crippen molar-refractivity contribution in [2.45, 2.75) is 26.4 Å². The number of hydrogen-bond acceptors (Lipinski definition) is 3. The van der Waals surface area contributed by atoms with Crippen LogP contribution in [0.1, 0.15) is 26.3 Å². The normalized spacial score (nSPS) is 27.7. The third-order valence-electron chi connectivity index (χ3n) is 2.50. The molecule has 0 amide bonds. The van der Waals surface area contributed by atoms with E-state index in [0.29, 0.717) is 11.9 Å². The van der Waals surface area contributed by atoms with E-state index in [9.17, 15) is 4.57 Å². The van der Waals surface area contributed by atoms with Gasteiger partial charge in [0.25, 0.3) is 0 Å². The standard InChI is InChI=1S/C11H15O3P/c1-4-13-15(12)10-8-6-5-7-9(10)11(2,3)14-15/h5-8H,4H2,1-3H3. The molecule has 0 aromatic heterocycles. The van der Waals surface area contributed by atoms with Crippen LogP contribution in [0.15, 0.2) is 24.3 Å². The molecule has 1 aliphatic rings. The summed E-state index contributed by atoms with van der Waals surface area (Å²) in [7, 11) is -3.08. The molecule has 15 heavy (non-hydrogen) atoms. The lowest BCUT2D eigenvalue weighted by Crippen LogP contribution is -2.15. The maximum absolute atomic E-state index is 12.4. The molecule has 1 aliphatic heterocycles. The maximum atomic E-state index is 12.4. The molecular weight excluding hydrogens is 211 g/mol. The lowest BCUT2D eigenvalue weighted by atomic mass is 9.99. The van der Waals surface area contributed by atoms with Crippen molar-refractivity contribution >= 4 is 12.9 Å². The Kier molecular flexibility index (Phi) is 2.50. The van der Waals surface area contributed by atoms with Crippen LogP contribution in [0.25, 0.3) is 0 Å². The van der Waals surface area contributed by atoms with Crippen LogP contribution < -0.4 is 5.30 Å². The molecule has 2 rings (SSSR count). The Labute approximate surface area is 89.9 Å². The van der Waals surface area contributed by atoms with E-state index in [1.165, 1.54) is 0 Å². The summed E-state index contributed by atoms with van der Waals surface area (Å²) in [4.78, 5) is 0. The zero-order chi connectivity index (χ0) is 11.1. The zero-order valence-corrected chi connectivity index (χ0v) is 10.1. The van der Waals surface area contributed by atoms with Crippen molar-refractivity contribution in [3.63, 3.8) is 0 Å². The maximum Gasteiger partial charge on any atom is 0.362 e. The molecule has 0 bridgehead atoms. The average molecular weight is 226 g/mol. The van der Waals surface area contributed by atoms with Crippen LogP contribution in [-0.2, 0) is 19.2 Å². The Morgan fingerprint density at radius 2 is 2.07 bits per heavy atom. The minimum absolute atomic E-state index is 0.391. The number of rotatable bonds is 2. The summed E-state index contributed by atoms with van der Waals surface area (Å²) in [5.74, 6) is 0. The van der Waals surface area contributed by atoms with Gasteiger partial charge in [-0.2, -0.15) is 0 Å². The van der Waals surface area contributed by atoms with E-state index in [1.807, 2.05) is 45.0 Å². The van der Waals surface area contributed by atoms with E-state index in [2.05, 4.69) is 0 Å². The van der Waals surface area contributed by atoms with Crippen molar-refractivity contribution < 1.29 is 13.6 Å². The molecule has 3 nitrogen and oxygen atoms in total. The first-order valence-corrected chi connectivity index (χ1v) is 6.59. The van der Waals surface area contributed by atoms with E-state index in [-0.39, 0.29) is 0 Å². The minimum Gasteiger partial charge on any atom is -0.305 e. The van der Waals surface area contributed by atoms with Gasteiger partial charge in [0, 0.05) is 0 Å². The third kappa shape index (κ3) is 1.65. The molecule has 0 saturated carbocycles. The molecule has 0 N–H and O–H groups in total. The lowest BCUT2D eigenvalue weighted by Gasteiger charge is -2.19. The molecule has 1 heterocycles. The predicted octanol–water partition coefficient (Wildman–Crippen LogP) is 2.81. The Hall–Kier alpha value is -0.630. The van der Waals surface area contributed by atoms with Crippen LogP contribution in [0.3, 0.4) is 0 Å². The molecule has 82 valence electrons. The molecule has 1 unspecified atom stereocenters. The van der Waals surface area contributed by atoms with E-state index in [4.69, 9.17) is 9.05 Å².